The summed E-state index contributed by atoms with van der Waals surface area (Å²) < 4.78 is 67.5. The van der Waals surface area contributed by atoms with Gasteiger partial charge < -0.3 is 0 Å². The molecule has 6 nitrogen and oxygen atoms in total. The van der Waals surface area contributed by atoms with Crippen molar-refractivity contribution in [1.82, 2.24) is 0 Å². The Bertz CT molecular complexity index is 1150. The summed E-state index contributed by atoms with van der Waals surface area (Å²) in [6.07, 6.45) is 5.35. The van der Waals surface area contributed by atoms with E-state index in [2.05, 4.69) is 0 Å². The van der Waals surface area contributed by atoms with Crippen molar-refractivity contribution in [3.63, 3.8) is 0 Å². The fourth-order valence-corrected chi connectivity index (χ4v) is 20.6. The van der Waals surface area contributed by atoms with E-state index in [4.69, 9.17) is 7.94 Å². The summed E-state index contributed by atoms with van der Waals surface area (Å²) in [5.41, 5.74) is 0. The van der Waals surface area contributed by atoms with Crippen LogP contribution in [0, 0.1) is 0 Å². The molecule has 2 aromatic carbocycles. The molecule has 0 aliphatic carbocycles. The Morgan fingerprint density at radius 3 is 0.972 bits per heavy atom. The quantitative estimate of drug-likeness (QED) is 0.217. The fourth-order valence-electron chi connectivity index (χ4n) is 5.43. The average Bonchev–Trinajstić information content (AvgIpc) is 2.90. The summed E-state index contributed by atoms with van der Waals surface area (Å²) in [4.78, 5) is 0.00797. The SMILES string of the molecule is CCP(CC)(CC)(CC)OS(=O)(=O)c1cccc2c(S(=O)(=O)OP(CC)(CC)(CC)CC)cccc12. The Balaban J connectivity index is 2.77. The van der Waals surface area contributed by atoms with Crippen molar-refractivity contribution in [3.8, 4) is 0 Å². The molecule has 208 valence electrons. The predicted molar refractivity (Wildman–Crippen MR) is 159 cm³/mol. The molecule has 0 N–H and O–H groups in total. The minimum absolute atomic E-state index is 0.00398. The molecule has 10 heteroatoms. The van der Waals surface area contributed by atoms with E-state index >= 15 is 0 Å². The Labute approximate surface area is 219 Å². The van der Waals surface area contributed by atoms with Gasteiger partial charge in [0.25, 0.3) is 0 Å². The van der Waals surface area contributed by atoms with Crippen LogP contribution in [-0.4, -0.2) is 66.1 Å². The Kier molecular flexibility index (Phi) is 9.54. The first-order valence-corrected chi connectivity index (χ1v) is 21.8. The third-order valence-corrected chi connectivity index (χ3v) is 28.9. The topological polar surface area (TPSA) is 86.7 Å². The molecule has 0 aromatic heterocycles. The molecule has 2 rings (SSSR count). The van der Waals surface area contributed by atoms with Crippen LogP contribution in [0.1, 0.15) is 55.4 Å². The summed E-state index contributed by atoms with van der Waals surface area (Å²) >= 11 is 0. The molecule has 0 amide bonds. The van der Waals surface area contributed by atoms with Gasteiger partial charge in [0, 0.05) is 0 Å². The number of hydrogen-bond acceptors (Lipinski definition) is 6. The van der Waals surface area contributed by atoms with Crippen LogP contribution in [-0.2, 0) is 28.2 Å². The number of rotatable bonds is 14. The molecule has 0 atom stereocenters. The first kappa shape index (κ1) is 31.6. The predicted octanol–water partition coefficient (Wildman–Crippen LogP) is 7.35. The van der Waals surface area contributed by atoms with Crippen LogP contribution in [0.4, 0.5) is 0 Å². The van der Waals surface area contributed by atoms with Gasteiger partial charge in [0.2, 0.25) is 0 Å². The van der Waals surface area contributed by atoms with Crippen molar-refractivity contribution in [1.29, 1.82) is 0 Å². The molecular formula is C26H46O6P2S2. The van der Waals surface area contributed by atoms with Crippen LogP contribution >= 0.6 is 13.7 Å². The Morgan fingerprint density at radius 1 is 0.500 bits per heavy atom. The Hall–Kier alpha value is -0.620. The van der Waals surface area contributed by atoms with Crippen LogP contribution in [0.5, 0.6) is 0 Å². The summed E-state index contributed by atoms with van der Waals surface area (Å²) in [5, 5.41) is 0.666. The fraction of sp³-hybridized carbons (Fsp3) is 0.615. The van der Waals surface area contributed by atoms with E-state index in [1.54, 1.807) is 24.3 Å². The number of hydrogen-bond donors (Lipinski definition) is 0. The van der Waals surface area contributed by atoms with Gasteiger partial charge in [-0.05, 0) is 0 Å². The van der Waals surface area contributed by atoms with Gasteiger partial charge in [0.05, 0.1) is 0 Å². The van der Waals surface area contributed by atoms with E-state index in [-0.39, 0.29) is 9.79 Å². The first-order chi connectivity index (χ1) is 16.7. The standard InChI is InChI=1S/C26H46O6P2S2/c1-9-33(10-2,11-3,12-4)31-35(27,28)25-21-17-20-24-23(25)19-18-22-26(24)36(29,30)32-34(13-5,14-6,15-7)16-8/h17-22H,9-16H2,1-8H3. The van der Waals surface area contributed by atoms with Gasteiger partial charge in [-0.1, -0.05) is 0 Å². The molecule has 0 spiro atoms. The maximum absolute atomic E-state index is 13.8. The van der Waals surface area contributed by atoms with E-state index in [9.17, 15) is 16.8 Å². The molecule has 0 aliphatic heterocycles. The van der Waals surface area contributed by atoms with Crippen LogP contribution in [0.25, 0.3) is 10.8 Å². The van der Waals surface area contributed by atoms with Gasteiger partial charge in [0.15, 0.2) is 0 Å². The van der Waals surface area contributed by atoms with Gasteiger partial charge in [0.1, 0.15) is 0 Å². The van der Waals surface area contributed by atoms with Crippen molar-refractivity contribution in [2.45, 2.75) is 65.2 Å². The van der Waals surface area contributed by atoms with Crippen molar-refractivity contribution in [2.75, 3.05) is 49.3 Å². The second kappa shape index (κ2) is 10.9. The maximum atomic E-state index is 13.8. The Morgan fingerprint density at radius 2 is 0.750 bits per heavy atom. The molecule has 0 bridgehead atoms. The van der Waals surface area contributed by atoms with E-state index in [0.29, 0.717) is 60.1 Å². The van der Waals surface area contributed by atoms with E-state index in [1.165, 1.54) is 12.1 Å². The zero-order valence-electron chi connectivity index (χ0n) is 23.3. The van der Waals surface area contributed by atoms with Gasteiger partial charge in [-0.15, -0.1) is 0 Å². The average molecular weight is 581 g/mol. The van der Waals surface area contributed by atoms with Crippen molar-refractivity contribution in [2.24, 2.45) is 0 Å². The van der Waals surface area contributed by atoms with Crippen molar-refractivity contribution in [3.05, 3.63) is 36.4 Å². The van der Waals surface area contributed by atoms with Crippen LogP contribution in [0.15, 0.2) is 46.2 Å². The van der Waals surface area contributed by atoms with Gasteiger partial charge in [-0.2, -0.15) is 0 Å². The molecule has 0 unspecified atom stereocenters. The molecule has 0 fully saturated rings. The van der Waals surface area contributed by atoms with E-state index < -0.39 is 33.9 Å². The molecule has 2 aromatic rings. The van der Waals surface area contributed by atoms with E-state index in [0.717, 1.165) is 0 Å². The normalized spacial score (nSPS) is 15.8. The molecule has 36 heavy (non-hydrogen) atoms. The zero-order chi connectivity index (χ0) is 27.5. The monoisotopic (exact) mass is 580 g/mol. The van der Waals surface area contributed by atoms with Crippen LogP contribution in [0.2, 0.25) is 0 Å². The van der Waals surface area contributed by atoms with Crippen molar-refractivity contribution < 1.29 is 24.8 Å². The van der Waals surface area contributed by atoms with E-state index in [1.807, 2.05) is 55.4 Å². The zero-order valence-corrected chi connectivity index (χ0v) is 26.7. The molecule has 0 heterocycles. The summed E-state index contributed by atoms with van der Waals surface area (Å²) in [6.45, 7) is 10.1. The minimum atomic E-state index is -4.15. The molecule has 0 saturated carbocycles. The number of fused-ring (bicyclic) bond motifs is 1. The van der Waals surface area contributed by atoms with Crippen molar-refractivity contribution >= 4 is 44.7 Å². The molecule has 0 aliphatic rings. The van der Waals surface area contributed by atoms with Gasteiger partial charge in [-0.3, -0.25) is 0 Å². The summed E-state index contributed by atoms with van der Waals surface area (Å²) in [5.74, 6) is 0. The molecule has 0 saturated heterocycles. The van der Waals surface area contributed by atoms with Crippen LogP contribution < -0.4 is 0 Å². The van der Waals surface area contributed by atoms with Gasteiger partial charge >= 0.3 is 220 Å². The second-order valence-electron chi connectivity index (χ2n) is 9.91. The third kappa shape index (κ3) is 5.28. The second-order valence-corrected chi connectivity index (χ2v) is 26.3. The number of benzene rings is 2. The third-order valence-electron chi connectivity index (χ3n) is 9.40. The summed E-state index contributed by atoms with van der Waals surface area (Å²) in [7, 11) is -8.30. The van der Waals surface area contributed by atoms with Gasteiger partial charge in [-0.25, -0.2) is 0 Å². The van der Waals surface area contributed by atoms with Crippen LogP contribution in [0.3, 0.4) is 0 Å². The summed E-state index contributed by atoms with van der Waals surface area (Å²) in [6, 6.07) is 9.48. The first-order valence-electron chi connectivity index (χ1n) is 13.2. The molecular weight excluding hydrogens is 534 g/mol. The molecule has 0 radical (unpaired) electrons.